The monoisotopic (exact) mass is 315 g/mol. The molecule has 0 radical (unpaired) electrons. The van der Waals surface area contributed by atoms with Crippen molar-refractivity contribution in [1.29, 1.82) is 0 Å². The molecule has 1 aromatic carbocycles. The molecule has 2 aromatic heterocycles. The van der Waals surface area contributed by atoms with Gasteiger partial charge in [-0.1, -0.05) is 30.0 Å². The lowest BCUT2D eigenvalue weighted by Gasteiger charge is -2.09. The Morgan fingerprint density at radius 2 is 2.19 bits per heavy atom. The van der Waals surface area contributed by atoms with Gasteiger partial charge >= 0.3 is 0 Å². The van der Waals surface area contributed by atoms with Crippen LogP contribution >= 0.6 is 23.1 Å². The van der Waals surface area contributed by atoms with Gasteiger partial charge in [-0.3, -0.25) is 0 Å². The first-order valence-electron chi connectivity index (χ1n) is 6.67. The summed E-state index contributed by atoms with van der Waals surface area (Å²) >= 11 is 3.19. The van der Waals surface area contributed by atoms with Crippen LogP contribution in [0.2, 0.25) is 0 Å². The minimum absolute atomic E-state index is 0.177. The van der Waals surface area contributed by atoms with E-state index in [2.05, 4.69) is 16.0 Å². The number of hydrogen-bond donors (Lipinski definition) is 1. The summed E-state index contributed by atoms with van der Waals surface area (Å²) in [5, 5.41) is 3.65. The Labute approximate surface area is 130 Å². The van der Waals surface area contributed by atoms with Gasteiger partial charge in [0, 0.05) is 12.2 Å². The van der Waals surface area contributed by atoms with E-state index in [1.807, 2.05) is 29.6 Å². The Hall–Kier alpha value is -1.79. The smallest absolute Gasteiger partial charge is 0.191 e. The van der Waals surface area contributed by atoms with Crippen LogP contribution in [-0.2, 0) is 6.42 Å². The lowest BCUT2D eigenvalue weighted by atomic mass is 10.1. The van der Waals surface area contributed by atoms with Crippen molar-refractivity contribution in [2.24, 2.45) is 0 Å². The average Bonchev–Trinajstić information content (AvgIpc) is 3.11. The molecular formula is C15H13N3OS2. The molecule has 0 saturated carbocycles. The molecule has 0 fully saturated rings. The number of fused-ring (bicyclic) bond motifs is 2. The number of para-hydroxylation sites is 1. The fourth-order valence-electron chi connectivity index (χ4n) is 2.44. The second-order valence-corrected chi connectivity index (χ2v) is 6.78. The van der Waals surface area contributed by atoms with Gasteiger partial charge in [0.15, 0.2) is 5.16 Å². The number of aromatic nitrogens is 2. The molecule has 1 aliphatic heterocycles. The molecule has 0 aliphatic carbocycles. The van der Waals surface area contributed by atoms with Crippen molar-refractivity contribution in [2.75, 3.05) is 11.5 Å². The predicted octanol–water partition coefficient (Wildman–Crippen LogP) is 3.37. The van der Waals surface area contributed by atoms with Crippen molar-refractivity contribution in [3.05, 3.63) is 41.3 Å². The maximum Gasteiger partial charge on any atom is 0.191 e. The summed E-state index contributed by atoms with van der Waals surface area (Å²) in [4.78, 5) is 9.85. The topological polar surface area (TPSA) is 61.0 Å². The Balaban J connectivity index is 1.47. The van der Waals surface area contributed by atoms with Crippen LogP contribution in [0.4, 0.5) is 5.82 Å². The summed E-state index contributed by atoms with van der Waals surface area (Å²) in [6.07, 6.45) is 1.12. The maximum atomic E-state index is 5.97. The lowest BCUT2D eigenvalue weighted by Crippen LogP contribution is -2.16. The molecule has 3 aromatic rings. The van der Waals surface area contributed by atoms with Crippen molar-refractivity contribution in [2.45, 2.75) is 17.7 Å². The van der Waals surface area contributed by atoms with Gasteiger partial charge in [0.25, 0.3) is 0 Å². The Morgan fingerprint density at radius 3 is 3.10 bits per heavy atom. The third-order valence-corrected chi connectivity index (χ3v) is 5.23. The molecule has 2 N–H and O–H groups in total. The average molecular weight is 315 g/mol. The van der Waals surface area contributed by atoms with E-state index in [-0.39, 0.29) is 6.10 Å². The van der Waals surface area contributed by atoms with Gasteiger partial charge in [-0.2, -0.15) is 0 Å². The third kappa shape index (κ3) is 2.45. The van der Waals surface area contributed by atoms with Crippen LogP contribution in [0.1, 0.15) is 5.56 Å². The van der Waals surface area contributed by atoms with Gasteiger partial charge in [0.05, 0.1) is 5.39 Å². The fraction of sp³-hybridized carbons (Fsp3) is 0.200. The SMILES string of the molecule is Nc1nc(SCC2Cc3ccccc3O2)nc2sccc12. The van der Waals surface area contributed by atoms with E-state index in [4.69, 9.17) is 10.5 Å². The number of rotatable bonds is 3. The summed E-state index contributed by atoms with van der Waals surface area (Å²) < 4.78 is 5.93. The highest BCUT2D eigenvalue weighted by atomic mass is 32.2. The Kier molecular flexibility index (Phi) is 3.20. The van der Waals surface area contributed by atoms with Gasteiger partial charge in [0.1, 0.15) is 22.5 Å². The van der Waals surface area contributed by atoms with Crippen molar-refractivity contribution in [3.63, 3.8) is 0 Å². The van der Waals surface area contributed by atoms with E-state index < -0.39 is 0 Å². The molecule has 106 valence electrons. The second kappa shape index (κ2) is 5.20. The molecule has 3 heterocycles. The molecule has 1 atom stereocenters. The lowest BCUT2D eigenvalue weighted by molar-refractivity contribution is 0.259. The highest BCUT2D eigenvalue weighted by Crippen LogP contribution is 2.31. The van der Waals surface area contributed by atoms with E-state index in [1.165, 1.54) is 5.56 Å². The Bertz CT molecular complexity index is 777. The van der Waals surface area contributed by atoms with Crippen molar-refractivity contribution >= 4 is 39.1 Å². The zero-order valence-corrected chi connectivity index (χ0v) is 12.8. The predicted molar refractivity (Wildman–Crippen MR) is 87.1 cm³/mol. The molecule has 1 aliphatic rings. The summed E-state index contributed by atoms with van der Waals surface area (Å²) in [6, 6.07) is 10.1. The van der Waals surface area contributed by atoms with Crippen molar-refractivity contribution in [1.82, 2.24) is 9.97 Å². The number of nitrogens with two attached hydrogens (primary N) is 1. The van der Waals surface area contributed by atoms with Gasteiger partial charge in [0.2, 0.25) is 0 Å². The molecule has 6 heteroatoms. The van der Waals surface area contributed by atoms with Crippen molar-refractivity contribution in [3.8, 4) is 5.75 Å². The van der Waals surface area contributed by atoms with E-state index >= 15 is 0 Å². The summed E-state index contributed by atoms with van der Waals surface area (Å²) in [5.74, 6) is 2.38. The normalized spacial score (nSPS) is 16.9. The highest BCUT2D eigenvalue weighted by molar-refractivity contribution is 7.99. The highest BCUT2D eigenvalue weighted by Gasteiger charge is 2.22. The minimum Gasteiger partial charge on any atom is -0.489 e. The minimum atomic E-state index is 0.177. The first-order chi connectivity index (χ1) is 10.3. The van der Waals surface area contributed by atoms with Gasteiger partial charge in [-0.15, -0.1) is 11.3 Å². The zero-order chi connectivity index (χ0) is 14.2. The van der Waals surface area contributed by atoms with E-state index in [0.29, 0.717) is 5.82 Å². The van der Waals surface area contributed by atoms with E-state index in [0.717, 1.165) is 33.3 Å². The molecule has 21 heavy (non-hydrogen) atoms. The molecule has 1 unspecified atom stereocenters. The molecule has 0 saturated heterocycles. The van der Waals surface area contributed by atoms with E-state index in [9.17, 15) is 0 Å². The van der Waals surface area contributed by atoms with Gasteiger partial charge in [-0.25, -0.2) is 9.97 Å². The Morgan fingerprint density at radius 1 is 1.29 bits per heavy atom. The number of thiophene rings is 1. The summed E-state index contributed by atoms with van der Waals surface area (Å²) in [7, 11) is 0. The van der Waals surface area contributed by atoms with Gasteiger partial charge < -0.3 is 10.5 Å². The number of benzene rings is 1. The standard InChI is InChI=1S/C15H13N3OS2/c16-13-11-5-6-20-14(11)18-15(17-13)21-8-10-7-9-3-1-2-4-12(9)19-10/h1-6,10H,7-8H2,(H2,16,17,18). The number of anilines is 1. The summed E-state index contributed by atoms with van der Waals surface area (Å²) in [5.41, 5.74) is 7.24. The van der Waals surface area contributed by atoms with Crippen LogP contribution in [0.5, 0.6) is 5.75 Å². The fourth-order valence-corrected chi connectivity index (χ4v) is 4.11. The molecule has 0 bridgehead atoms. The molecular weight excluding hydrogens is 302 g/mol. The number of hydrogen-bond acceptors (Lipinski definition) is 6. The molecule has 0 amide bonds. The number of nitrogens with zero attached hydrogens (tertiary/aromatic N) is 2. The zero-order valence-electron chi connectivity index (χ0n) is 11.2. The van der Waals surface area contributed by atoms with Crippen LogP contribution < -0.4 is 10.5 Å². The van der Waals surface area contributed by atoms with Crippen molar-refractivity contribution < 1.29 is 4.74 Å². The van der Waals surface area contributed by atoms with Crippen LogP contribution in [0.25, 0.3) is 10.2 Å². The number of ether oxygens (including phenoxy) is 1. The quantitative estimate of drug-likeness (QED) is 0.593. The maximum absolute atomic E-state index is 5.97. The van der Waals surface area contributed by atoms with Crippen LogP contribution in [0, 0.1) is 0 Å². The number of nitrogen functional groups attached to an aromatic ring is 1. The second-order valence-electron chi connectivity index (χ2n) is 4.89. The van der Waals surface area contributed by atoms with Gasteiger partial charge in [-0.05, 0) is 23.1 Å². The molecule has 0 spiro atoms. The first-order valence-corrected chi connectivity index (χ1v) is 8.54. The van der Waals surface area contributed by atoms with Crippen LogP contribution in [0.3, 0.4) is 0 Å². The largest absolute Gasteiger partial charge is 0.489 e. The molecule has 4 nitrogen and oxygen atoms in total. The number of thioether (sulfide) groups is 1. The summed E-state index contributed by atoms with van der Waals surface area (Å²) in [6.45, 7) is 0. The third-order valence-electron chi connectivity index (χ3n) is 3.45. The molecule has 4 rings (SSSR count). The van der Waals surface area contributed by atoms with E-state index in [1.54, 1.807) is 23.1 Å². The van der Waals surface area contributed by atoms with Crippen LogP contribution in [0.15, 0.2) is 40.9 Å². The van der Waals surface area contributed by atoms with Crippen LogP contribution in [-0.4, -0.2) is 21.8 Å². The first kappa shape index (κ1) is 12.9.